The van der Waals surface area contributed by atoms with Gasteiger partial charge < -0.3 is 14.5 Å². The Morgan fingerprint density at radius 3 is 2.63 bits per heavy atom. The molecule has 0 spiro atoms. The van der Waals surface area contributed by atoms with Crippen molar-refractivity contribution < 1.29 is 17.9 Å². The van der Waals surface area contributed by atoms with Crippen molar-refractivity contribution in [1.82, 2.24) is 5.32 Å². The summed E-state index contributed by atoms with van der Waals surface area (Å²) in [5.41, 5.74) is 0.653. The van der Waals surface area contributed by atoms with Gasteiger partial charge in [-0.15, -0.1) is 0 Å². The molecule has 2 aromatic rings. The predicted octanol–water partition coefficient (Wildman–Crippen LogP) is 3.82. The van der Waals surface area contributed by atoms with E-state index in [2.05, 4.69) is 10.1 Å². The molecule has 102 valence electrons. The standard InChI is InChI=1S/C13H12ClF2NO2/c14-12-6-5-10(18-12)8-17-7-9-3-1-2-4-11(9)19-13(15)16/h1-6,13,17H,7-8H2. The maximum atomic E-state index is 12.2. The maximum absolute atomic E-state index is 12.2. The van der Waals surface area contributed by atoms with E-state index in [0.29, 0.717) is 29.6 Å². The van der Waals surface area contributed by atoms with Crippen LogP contribution in [0.1, 0.15) is 11.3 Å². The van der Waals surface area contributed by atoms with Crippen LogP contribution in [0.4, 0.5) is 8.78 Å². The van der Waals surface area contributed by atoms with E-state index in [1.807, 2.05) is 0 Å². The molecule has 0 fully saturated rings. The van der Waals surface area contributed by atoms with E-state index >= 15 is 0 Å². The lowest BCUT2D eigenvalue weighted by Crippen LogP contribution is -2.14. The van der Waals surface area contributed by atoms with Crippen LogP contribution in [0.25, 0.3) is 0 Å². The Balaban J connectivity index is 1.92. The molecule has 0 aliphatic heterocycles. The van der Waals surface area contributed by atoms with Crippen molar-refractivity contribution in [2.24, 2.45) is 0 Å². The molecule has 0 amide bonds. The number of benzene rings is 1. The molecule has 0 saturated heterocycles. The quantitative estimate of drug-likeness (QED) is 0.877. The Bertz CT molecular complexity index is 531. The number of alkyl halides is 2. The van der Waals surface area contributed by atoms with Gasteiger partial charge in [-0.2, -0.15) is 8.78 Å². The third-order valence-corrected chi connectivity index (χ3v) is 2.64. The summed E-state index contributed by atoms with van der Waals surface area (Å²) < 4.78 is 34.0. The van der Waals surface area contributed by atoms with E-state index in [1.54, 1.807) is 30.3 Å². The number of ether oxygens (including phenoxy) is 1. The molecule has 3 nitrogen and oxygen atoms in total. The lowest BCUT2D eigenvalue weighted by molar-refractivity contribution is -0.0505. The highest BCUT2D eigenvalue weighted by atomic mass is 35.5. The van der Waals surface area contributed by atoms with Crippen LogP contribution < -0.4 is 10.1 Å². The molecule has 0 aliphatic rings. The number of rotatable bonds is 6. The molecule has 1 heterocycles. The second-order valence-electron chi connectivity index (χ2n) is 3.80. The minimum absolute atomic E-state index is 0.169. The van der Waals surface area contributed by atoms with Gasteiger partial charge in [-0.1, -0.05) is 18.2 Å². The van der Waals surface area contributed by atoms with E-state index in [9.17, 15) is 8.78 Å². The SMILES string of the molecule is FC(F)Oc1ccccc1CNCc1ccc(Cl)o1. The van der Waals surface area contributed by atoms with E-state index < -0.39 is 6.61 Å². The Kier molecular flexibility index (Phi) is 4.76. The van der Waals surface area contributed by atoms with Crippen molar-refractivity contribution in [2.75, 3.05) is 0 Å². The summed E-state index contributed by atoms with van der Waals surface area (Å²) in [5, 5.41) is 3.39. The van der Waals surface area contributed by atoms with Crippen molar-refractivity contribution in [2.45, 2.75) is 19.7 Å². The topological polar surface area (TPSA) is 34.4 Å². The largest absolute Gasteiger partial charge is 0.448 e. The highest BCUT2D eigenvalue weighted by Gasteiger charge is 2.08. The smallest absolute Gasteiger partial charge is 0.387 e. The first-order valence-corrected chi connectivity index (χ1v) is 6.00. The van der Waals surface area contributed by atoms with Crippen LogP contribution in [-0.4, -0.2) is 6.61 Å². The number of halogens is 3. The fourth-order valence-electron chi connectivity index (χ4n) is 1.63. The first-order chi connectivity index (χ1) is 9.15. The number of para-hydroxylation sites is 1. The average molecular weight is 288 g/mol. The third-order valence-electron chi connectivity index (χ3n) is 2.43. The van der Waals surface area contributed by atoms with E-state index in [4.69, 9.17) is 16.0 Å². The van der Waals surface area contributed by atoms with Gasteiger partial charge in [-0.25, -0.2) is 0 Å². The monoisotopic (exact) mass is 287 g/mol. The van der Waals surface area contributed by atoms with Gasteiger partial charge in [0.05, 0.1) is 6.54 Å². The van der Waals surface area contributed by atoms with Gasteiger partial charge in [0.15, 0.2) is 5.22 Å². The zero-order chi connectivity index (χ0) is 13.7. The normalized spacial score (nSPS) is 10.9. The first kappa shape index (κ1) is 13.8. The van der Waals surface area contributed by atoms with E-state index in [-0.39, 0.29) is 5.75 Å². The van der Waals surface area contributed by atoms with Gasteiger partial charge in [0.1, 0.15) is 11.5 Å². The zero-order valence-electron chi connectivity index (χ0n) is 9.91. The third kappa shape index (κ3) is 4.22. The zero-order valence-corrected chi connectivity index (χ0v) is 10.7. The Morgan fingerprint density at radius 2 is 1.95 bits per heavy atom. The second-order valence-corrected chi connectivity index (χ2v) is 4.17. The number of hydrogen-bond acceptors (Lipinski definition) is 3. The van der Waals surface area contributed by atoms with E-state index in [1.165, 1.54) is 6.07 Å². The van der Waals surface area contributed by atoms with Crippen molar-refractivity contribution in [3.8, 4) is 5.75 Å². The summed E-state index contributed by atoms with van der Waals surface area (Å²) in [4.78, 5) is 0. The van der Waals surface area contributed by atoms with Gasteiger partial charge in [0, 0.05) is 12.1 Å². The highest BCUT2D eigenvalue weighted by Crippen LogP contribution is 2.20. The molecule has 0 bridgehead atoms. The molecule has 0 atom stereocenters. The average Bonchev–Trinajstić information content (AvgIpc) is 2.77. The molecule has 2 rings (SSSR count). The summed E-state index contributed by atoms with van der Waals surface area (Å²) in [7, 11) is 0. The molecule has 0 unspecified atom stereocenters. The number of furan rings is 1. The summed E-state index contributed by atoms with van der Waals surface area (Å²) in [5.74, 6) is 0.847. The van der Waals surface area contributed by atoms with Crippen LogP contribution in [0.2, 0.25) is 5.22 Å². The number of nitrogens with one attached hydrogen (secondary N) is 1. The Labute approximate surface area is 114 Å². The molecule has 6 heteroatoms. The lowest BCUT2D eigenvalue weighted by atomic mass is 10.2. The molecule has 1 aromatic carbocycles. The van der Waals surface area contributed by atoms with Crippen molar-refractivity contribution in [3.63, 3.8) is 0 Å². The van der Waals surface area contributed by atoms with Crippen LogP contribution in [0.3, 0.4) is 0 Å². The molecule has 0 radical (unpaired) electrons. The van der Waals surface area contributed by atoms with Gasteiger partial charge in [-0.3, -0.25) is 0 Å². The highest BCUT2D eigenvalue weighted by molar-refractivity contribution is 6.28. The predicted molar refractivity (Wildman–Crippen MR) is 67.3 cm³/mol. The van der Waals surface area contributed by atoms with Crippen molar-refractivity contribution >= 4 is 11.6 Å². The van der Waals surface area contributed by atoms with Gasteiger partial charge in [0.2, 0.25) is 0 Å². The fraction of sp³-hybridized carbons (Fsp3) is 0.231. The van der Waals surface area contributed by atoms with Gasteiger partial charge in [-0.05, 0) is 29.8 Å². The summed E-state index contributed by atoms with van der Waals surface area (Å²) >= 11 is 5.64. The first-order valence-electron chi connectivity index (χ1n) is 5.63. The van der Waals surface area contributed by atoms with Gasteiger partial charge in [0.25, 0.3) is 0 Å². The van der Waals surface area contributed by atoms with Crippen LogP contribution in [0.5, 0.6) is 5.75 Å². The summed E-state index contributed by atoms with van der Waals surface area (Å²) in [6.07, 6.45) is 0. The second kappa shape index (κ2) is 6.54. The molecule has 1 aromatic heterocycles. The molecule has 0 aliphatic carbocycles. The van der Waals surface area contributed by atoms with Crippen molar-refractivity contribution in [1.29, 1.82) is 0 Å². The minimum Gasteiger partial charge on any atom is -0.448 e. The molecule has 19 heavy (non-hydrogen) atoms. The molecule has 1 N–H and O–H groups in total. The number of hydrogen-bond donors (Lipinski definition) is 1. The summed E-state index contributed by atoms with van der Waals surface area (Å²) in [6.45, 7) is -1.98. The van der Waals surface area contributed by atoms with Crippen molar-refractivity contribution in [3.05, 3.63) is 52.9 Å². The molecule has 0 saturated carbocycles. The van der Waals surface area contributed by atoms with Crippen LogP contribution in [-0.2, 0) is 13.1 Å². The maximum Gasteiger partial charge on any atom is 0.387 e. The van der Waals surface area contributed by atoms with Crippen LogP contribution >= 0.6 is 11.6 Å². The van der Waals surface area contributed by atoms with Gasteiger partial charge >= 0.3 is 6.61 Å². The fourth-order valence-corrected chi connectivity index (χ4v) is 1.79. The van der Waals surface area contributed by atoms with E-state index in [0.717, 1.165) is 0 Å². The van der Waals surface area contributed by atoms with Crippen LogP contribution in [0.15, 0.2) is 40.8 Å². The Morgan fingerprint density at radius 1 is 1.16 bits per heavy atom. The van der Waals surface area contributed by atoms with Crippen LogP contribution in [0, 0.1) is 0 Å². The lowest BCUT2D eigenvalue weighted by Gasteiger charge is -2.10. The minimum atomic E-state index is -2.83. The molecular formula is C13H12ClF2NO2. The summed E-state index contributed by atoms with van der Waals surface area (Å²) in [6, 6.07) is 10.0. The molecular weight excluding hydrogens is 276 g/mol. The Hall–Kier alpha value is -1.59.